The Morgan fingerprint density at radius 2 is 1.72 bits per heavy atom. The van der Waals surface area contributed by atoms with E-state index in [2.05, 4.69) is 10.4 Å². The molecular weight excluding hydrogens is 455 g/mol. The smallest absolute Gasteiger partial charge is 0.250 e. The molecule has 0 atom stereocenters. The highest BCUT2D eigenvalue weighted by Gasteiger charge is 2.20. The largest absolute Gasteiger partial charge is 0.493 e. The average Bonchev–Trinajstić information content (AvgIpc) is 3.03. The normalized spacial score (nSPS) is 10.7. The van der Waals surface area contributed by atoms with Crippen LogP contribution in [-0.4, -0.2) is 35.8 Å². The molecule has 8 nitrogen and oxygen atoms in total. The van der Waals surface area contributed by atoms with Crippen molar-refractivity contribution in [2.45, 2.75) is 20.3 Å². The number of nitrogens with one attached hydrogen (secondary N) is 1. The second kappa shape index (κ2) is 9.50. The standard InChI is InChI=1S/C22H22Cl2N4O4/c1-11-14(12(2)28(27-11)13-5-6-16(23)17(24)7-13)9-21(29)26-18-10-20(32-4)19(31-3)8-15(18)22(25)30/h5-8,10H,9H2,1-4H3,(H2,25,30)(H,26,29). The lowest BCUT2D eigenvalue weighted by Crippen LogP contribution is -2.20. The monoisotopic (exact) mass is 476 g/mol. The third kappa shape index (κ3) is 4.66. The summed E-state index contributed by atoms with van der Waals surface area (Å²) in [7, 11) is 2.90. The summed E-state index contributed by atoms with van der Waals surface area (Å²) in [6.45, 7) is 3.67. The molecule has 0 saturated heterocycles. The maximum Gasteiger partial charge on any atom is 0.250 e. The summed E-state index contributed by atoms with van der Waals surface area (Å²) in [6, 6.07) is 8.10. The quantitative estimate of drug-likeness (QED) is 0.533. The van der Waals surface area contributed by atoms with Crippen LogP contribution in [0.2, 0.25) is 10.0 Å². The number of amides is 2. The molecule has 0 aliphatic rings. The number of methoxy groups -OCH3 is 2. The van der Waals surface area contributed by atoms with E-state index in [0.717, 1.165) is 16.9 Å². The van der Waals surface area contributed by atoms with Gasteiger partial charge in [0.05, 0.1) is 53.3 Å². The zero-order chi connectivity index (χ0) is 23.6. The number of primary amides is 1. The second-order valence-electron chi connectivity index (χ2n) is 7.00. The number of aromatic nitrogens is 2. The first-order chi connectivity index (χ1) is 15.2. The summed E-state index contributed by atoms with van der Waals surface area (Å²) >= 11 is 12.1. The highest BCUT2D eigenvalue weighted by atomic mass is 35.5. The van der Waals surface area contributed by atoms with Crippen molar-refractivity contribution in [3.05, 3.63) is 62.9 Å². The summed E-state index contributed by atoms with van der Waals surface area (Å²) in [4.78, 5) is 24.7. The Balaban J connectivity index is 1.89. The molecule has 0 aliphatic heterocycles. The number of benzene rings is 2. The number of ether oxygens (including phenoxy) is 2. The fraction of sp³-hybridized carbons (Fsp3) is 0.227. The van der Waals surface area contributed by atoms with E-state index in [1.807, 2.05) is 13.8 Å². The summed E-state index contributed by atoms with van der Waals surface area (Å²) in [6.07, 6.45) is 0.0333. The Hall–Kier alpha value is -3.23. The molecule has 0 saturated carbocycles. The molecule has 0 spiro atoms. The van der Waals surface area contributed by atoms with Crippen LogP contribution in [0.5, 0.6) is 11.5 Å². The second-order valence-corrected chi connectivity index (χ2v) is 7.82. The van der Waals surface area contributed by atoms with Gasteiger partial charge in [0.25, 0.3) is 5.91 Å². The minimum Gasteiger partial charge on any atom is -0.493 e. The first-order valence-corrected chi connectivity index (χ1v) is 10.3. The fourth-order valence-electron chi connectivity index (χ4n) is 3.34. The minimum atomic E-state index is -0.707. The van der Waals surface area contributed by atoms with Gasteiger partial charge >= 0.3 is 0 Å². The molecule has 0 fully saturated rings. The van der Waals surface area contributed by atoms with Crippen LogP contribution >= 0.6 is 23.2 Å². The topological polar surface area (TPSA) is 108 Å². The number of hydrogen-bond acceptors (Lipinski definition) is 5. The van der Waals surface area contributed by atoms with E-state index in [9.17, 15) is 9.59 Å². The highest BCUT2D eigenvalue weighted by Crippen LogP contribution is 2.33. The molecule has 2 amide bonds. The van der Waals surface area contributed by atoms with Crippen molar-refractivity contribution in [1.82, 2.24) is 9.78 Å². The number of nitrogens with zero attached hydrogens (tertiary/aromatic N) is 2. The highest BCUT2D eigenvalue weighted by molar-refractivity contribution is 6.42. The van der Waals surface area contributed by atoms with Gasteiger partial charge in [0, 0.05) is 17.3 Å². The summed E-state index contributed by atoms with van der Waals surface area (Å²) in [5, 5.41) is 8.11. The Labute approximate surface area is 195 Å². The average molecular weight is 477 g/mol. The number of rotatable bonds is 7. The van der Waals surface area contributed by atoms with E-state index in [1.54, 1.807) is 22.9 Å². The first kappa shape index (κ1) is 23.4. The number of hydrogen-bond donors (Lipinski definition) is 2. The lowest BCUT2D eigenvalue weighted by atomic mass is 10.1. The number of halogens is 2. The van der Waals surface area contributed by atoms with Crippen LogP contribution < -0.4 is 20.5 Å². The van der Waals surface area contributed by atoms with Crippen LogP contribution in [0.25, 0.3) is 5.69 Å². The van der Waals surface area contributed by atoms with Gasteiger partial charge in [-0.1, -0.05) is 23.2 Å². The van der Waals surface area contributed by atoms with Gasteiger partial charge in [-0.15, -0.1) is 0 Å². The van der Waals surface area contributed by atoms with E-state index in [0.29, 0.717) is 27.2 Å². The Morgan fingerprint density at radius 3 is 2.31 bits per heavy atom. The van der Waals surface area contributed by atoms with Crippen molar-refractivity contribution in [3.8, 4) is 17.2 Å². The van der Waals surface area contributed by atoms with Gasteiger partial charge < -0.3 is 20.5 Å². The zero-order valence-electron chi connectivity index (χ0n) is 18.0. The van der Waals surface area contributed by atoms with E-state index < -0.39 is 5.91 Å². The third-order valence-electron chi connectivity index (χ3n) is 4.99. The van der Waals surface area contributed by atoms with Crippen LogP contribution in [0, 0.1) is 13.8 Å². The van der Waals surface area contributed by atoms with Gasteiger partial charge in [-0.25, -0.2) is 4.68 Å². The number of aryl methyl sites for hydroxylation is 1. The molecule has 1 aromatic heterocycles. The molecule has 3 aromatic rings. The van der Waals surface area contributed by atoms with Crippen LogP contribution in [0.3, 0.4) is 0 Å². The molecular formula is C22H22Cl2N4O4. The van der Waals surface area contributed by atoms with Gasteiger partial charge in [0.15, 0.2) is 11.5 Å². The first-order valence-electron chi connectivity index (χ1n) is 9.52. The summed E-state index contributed by atoms with van der Waals surface area (Å²) in [5.74, 6) is -0.373. The van der Waals surface area contributed by atoms with Crippen molar-refractivity contribution in [3.63, 3.8) is 0 Å². The molecule has 3 rings (SSSR count). The maximum atomic E-state index is 12.8. The lowest BCUT2D eigenvalue weighted by molar-refractivity contribution is -0.115. The molecule has 168 valence electrons. The molecule has 1 heterocycles. The number of carbonyl (C=O) groups excluding carboxylic acids is 2. The molecule has 0 radical (unpaired) electrons. The lowest BCUT2D eigenvalue weighted by Gasteiger charge is -2.14. The molecule has 0 aliphatic carbocycles. The molecule has 0 bridgehead atoms. The predicted molar refractivity (Wildman–Crippen MR) is 123 cm³/mol. The molecule has 32 heavy (non-hydrogen) atoms. The van der Waals surface area contributed by atoms with E-state index >= 15 is 0 Å². The van der Waals surface area contributed by atoms with Crippen LogP contribution in [0.15, 0.2) is 30.3 Å². The van der Waals surface area contributed by atoms with Gasteiger partial charge in [-0.2, -0.15) is 5.10 Å². The Bertz CT molecular complexity index is 1210. The zero-order valence-corrected chi connectivity index (χ0v) is 19.5. The van der Waals surface area contributed by atoms with Crippen LogP contribution in [-0.2, 0) is 11.2 Å². The fourth-order valence-corrected chi connectivity index (χ4v) is 3.63. The van der Waals surface area contributed by atoms with E-state index in [4.69, 9.17) is 38.4 Å². The van der Waals surface area contributed by atoms with Crippen molar-refractivity contribution < 1.29 is 19.1 Å². The predicted octanol–water partition coefficient (Wildman–Crippen LogP) is 4.09. The van der Waals surface area contributed by atoms with E-state index in [1.165, 1.54) is 26.4 Å². The summed E-state index contributed by atoms with van der Waals surface area (Å²) in [5.41, 5.74) is 8.75. The van der Waals surface area contributed by atoms with Crippen LogP contribution in [0.4, 0.5) is 5.69 Å². The molecule has 2 aromatic carbocycles. The number of carbonyl (C=O) groups is 2. The van der Waals surface area contributed by atoms with Gasteiger partial charge in [0.2, 0.25) is 5.91 Å². The molecule has 0 unspecified atom stereocenters. The summed E-state index contributed by atoms with van der Waals surface area (Å²) < 4.78 is 12.2. The number of anilines is 1. The van der Waals surface area contributed by atoms with Gasteiger partial charge in [0.1, 0.15) is 0 Å². The van der Waals surface area contributed by atoms with Crippen molar-refractivity contribution >= 4 is 40.7 Å². The van der Waals surface area contributed by atoms with Crippen molar-refractivity contribution in [1.29, 1.82) is 0 Å². The SMILES string of the molecule is COc1cc(NC(=O)Cc2c(C)nn(-c3ccc(Cl)c(Cl)c3)c2C)c(C(N)=O)cc1OC. The molecule has 3 N–H and O–H groups in total. The third-order valence-corrected chi connectivity index (χ3v) is 5.73. The Kier molecular flexibility index (Phi) is 6.96. The maximum absolute atomic E-state index is 12.8. The van der Waals surface area contributed by atoms with E-state index in [-0.39, 0.29) is 23.6 Å². The van der Waals surface area contributed by atoms with Crippen molar-refractivity contribution in [2.24, 2.45) is 5.73 Å². The molecule has 10 heteroatoms. The van der Waals surface area contributed by atoms with Gasteiger partial charge in [-0.05, 0) is 38.1 Å². The van der Waals surface area contributed by atoms with Crippen molar-refractivity contribution in [2.75, 3.05) is 19.5 Å². The minimum absolute atomic E-state index is 0.0333. The van der Waals surface area contributed by atoms with Gasteiger partial charge in [-0.3, -0.25) is 9.59 Å². The Morgan fingerprint density at radius 1 is 1.06 bits per heavy atom. The number of nitrogens with two attached hydrogens (primary N) is 1. The van der Waals surface area contributed by atoms with Crippen LogP contribution in [0.1, 0.15) is 27.3 Å².